The van der Waals surface area contributed by atoms with Gasteiger partial charge in [0.25, 0.3) is 0 Å². The Morgan fingerprint density at radius 3 is 2.13 bits per heavy atom. The van der Waals surface area contributed by atoms with E-state index in [-0.39, 0.29) is 12.0 Å². The van der Waals surface area contributed by atoms with Gasteiger partial charge in [0.15, 0.2) is 0 Å². The minimum absolute atomic E-state index is 0.0648. The summed E-state index contributed by atoms with van der Waals surface area (Å²) in [6.07, 6.45) is 2.03. The Kier molecular flexibility index (Phi) is 8.75. The number of carbonyl (C=O) groups is 1. The van der Waals surface area contributed by atoms with Crippen LogP contribution in [-0.2, 0) is 22.4 Å². The molecule has 5 aromatic rings. The van der Waals surface area contributed by atoms with Crippen molar-refractivity contribution in [3.63, 3.8) is 0 Å². The van der Waals surface area contributed by atoms with Crippen LogP contribution in [0.4, 0.5) is 0 Å². The number of aryl methyl sites for hydroxylation is 2. The Balaban J connectivity index is 1.43. The van der Waals surface area contributed by atoms with Crippen molar-refractivity contribution in [1.82, 2.24) is 4.57 Å². The van der Waals surface area contributed by atoms with Crippen molar-refractivity contribution in [1.29, 1.82) is 0 Å². The quantitative estimate of drug-likeness (QED) is 0.128. The molecule has 0 bridgehead atoms. The first kappa shape index (κ1) is 27.1. The van der Waals surface area contributed by atoms with E-state index in [4.69, 9.17) is 16.3 Å². The molecule has 198 valence electrons. The van der Waals surface area contributed by atoms with Crippen molar-refractivity contribution in [3.05, 3.63) is 136 Å². The zero-order valence-corrected chi connectivity index (χ0v) is 23.8. The Morgan fingerprint density at radius 2 is 1.51 bits per heavy atom. The molecule has 0 atom stereocenters. The molecule has 1 heterocycles. The molecule has 5 heteroatoms. The van der Waals surface area contributed by atoms with E-state index in [1.165, 1.54) is 45.3 Å². The number of aromatic nitrogens is 1. The fourth-order valence-electron chi connectivity index (χ4n) is 5.26. The van der Waals surface area contributed by atoms with E-state index in [0.717, 1.165) is 22.8 Å². The Hall–Kier alpha value is -3.47. The van der Waals surface area contributed by atoms with Gasteiger partial charge in [0.2, 0.25) is 0 Å². The third-order valence-electron chi connectivity index (χ3n) is 7.22. The second kappa shape index (κ2) is 12.6. The van der Waals surface area contributed by atoms with Crippen LogP contribution in [0.5, 0.6) is 0 Å². The molecule has 0 saturated heterocycles. The van der Waals surface area contributed by atoms with E-state index in [1.54, 1.807) is 0 Å². The number of esters is 1. The first-order chi connectivity index (χ1) is 19.0. The fourth-order valence-corrected chi connectivity index (χ4v) is 6.30. The van der Waals surface area contributed by atoms with Crippen molar-refractivity contribution in [3.8, 4) is 0 Å². The van der Waals surface area contributed by atoms with Gasteiger partial charge in [-0.2, -0.15) is 0 Å². The van der Waals surface area contributed by atoms with Crippen LogP contribution in [0.15, 0.2) is 108 Å². The number of methoxy groups -OCH3 is 1. The van der Waals surface area contributed by atoms with Crippen LogP contribution in [0, 0.1) is 6.92 Å². The Labute approximate surface area is 239 Å². The largest absolute Gasteiger partial charge is 0.469 e. The van der Waals surface area contributed by atoms with Gasteiger partial charge in [0.1, 0.15) is 0 Å². The topological polar surface area (TPSA) is 31.2 Å². The lowest BCUT2D eigenvalue weighted by molar-refractivity contribution is -0.140. The molecule has 3 nitrogen and oxygen atoms in total. The maximum absolute atomic E-state index is 11.4. The van der Waals surface area contributed by atoms with Gasteiger partial charge in [0, 0.05) is 38.7 Å². The average Bonchev–Trinajstić information content (AvgIpc) is 3.23. The van der Waals surface area contributed by atoms with Gasteiger partial charge in [-0.25, -0.2) is 0 Å². The highest BCUT2D eigenvalue weighted by atomic mass is 35.5. The monoisotopic (exact) mass is 553 g/mol. The van der Waals surface area contributed by atoms with E-state index >= 15 is 0 Å². The Bertz CT molecular complexity index is 1510. The van der Waals surface area contributed by atoms with Gasteiger partial charge in [-0.3, -0.25) is 4.79 Å². The first-order valence-electron chi connectivity index (χ1n) is 13.2. The van der Waals surface area contributed by atoms with E-state index in [2.05, 4.69) is 109 Å². The smallest absolute Gasteiger partial charge is 0.305 e. The molecule has 0 amide bonds. The molecule has 0 aliphatic heterocycles. The number of ether oxygens (including phenoxy) is 1. The number of thioether (sulfide) groups is 1. The maximum atomic E-state index is 11.4. The van der Waals surface area contributed by atoms with Gasteiger partial charge in [-0.05, 0) is 72.4 Å². The normalized spacial score (nSPS) is 11.3. The second-order valence-electron chi connectivity index (χ2n) is 9.64. The lowest BCUT2D eigenvalue weighted by Gasteiger charge is -2.23. The summed E-state index contributed by atoms with van der Waals surface area (Å²) < 4.78 is 7.23. The zero-order chi connectivity index (χ0) is 27.2. The molecule has 0 aliphatic carbocycles. The summed E-state index contributed by atoms with van der Waals surface area (Å²) >= 11 is 8.37. The summed E-state index contributed by atoms with van der Waals surface area (Å²) in [5.41, 5.74) is 7.46. The van der Waals surface area contributed by atoms with Crippen LogP contribution < -0.4 is 0 Å². The molecule has 0 spiro atoms. The number of hydrogen-bond donors (Lipinski definition) is 0. The molecule has 39 heavy (non-hydrogen) atoms. The standard InChI is InChI=1S/C34H32ClNO2S/c1-24-30(21-22-39-29-17-13-25(14-18-29)15-20-33(37)38-2)31-23-28(35)16-19-32(31)36(24)34(26-9-5-3-6-10-26)27-11-7-4-8-12-27/h3-14,16-19,23,34H,15,20-22H2,1-2H3. The van der Waals surface area contributed by atoms with E-state index in [0.29, 0.717) is 12.8 Å². The number of nitrogens with zero attached hydrogens (tertiary/aromatic N) is 1. The molecule has 1 aromatic heterocycles. The predicted octanol–water partition coefficient (Wildman–Crippen LogP) is 8.68. The summed E-state index contributed by atoms with van der Waals surface area (Å²) in [4.78, 5) is 12.7. The van der Waals surface area contributed by atoms with Gasteiger partial charge in [0.05, 0.1) is 13.2 Å². The number of fused-ring (bicyclic) bond motifs is 1. The van der Waals surface area contributed by atoms with Crippen molar-refractivity contribution >= 4 is 40.2 Å². The number of hydrogen-bond acceptors (Lipinski definition) is 3. The maximum Gasteiger partial charge on any atom is 0.305 e. The van der Waals surface area contributed by atoms with Crippen LogP contribution in [0.1, 0.15) is 40.4 Å². The molecule has 0 unspecified atom stereocenters. The van der Waals surface area contributed by atoms with Crippen LogP contribution >= 0.6 is 23.4 Å². The molecule has 0 aliphatic rings. The van der Waals surface area contributed by atoms with Crippen molar-refractivity contribution in [2.45, 2.75) is 37.1 Å². The summed E-state index contributed by atoms with van der Waals surface area (Å²) in [5, 5.41) is 1.97. The molecule has 0 saturated carbocycles. The average molecular weight is 554 g/mol. The van der Waals surface area contributed by atoms with E-state index < -0.39 is 0 Å². The molecular formula is C34H32ClNO2S. The third-order valence-corrected chi connectivity index (χ3v) is 8.47. The Morgan fingerprint density at radius 1 is 0.872 bits per heavy atom. The summed E-state index contributed by atoms with van der Waals surface area (Å²) in [5.74, 6) is 0.778. The molecule has 0 fully saturated rings. The summed E-state index contributed by atoms with van der Waals surface area (Å²) in [7, 11) is 1.43. The molecule has 5 rings (SSSR count). The van der Waals surface area contributed by atoms with Crippen LogP contribution in [0.3, 0.4) is 0 Å². The van der Waals surface area contributed by atoms with Crippen molar-refractivity contribution < 1.29 is 9.53 Å². The number of rotatable bonds is 10. The third kappa shape index (κ3) is 6.24. The lowest BCUT2D eigenvalue weighted by Crippen LogP contribution is -2.14. The first-order valence-corrected chi connectivity index (χ1v) is 14.6. The van der Waals surface area contributed by atoms with Gasteiger partial charge in [-0.1, -0.05) is 84.4 Å². The molecule has 0 radical (unpaired) electrons. The van der Waals surface area contributed by atoms with Crippen molar-refractivity contribution in [2.75, 3.05) is 12.9 Å². The minimum Gasteiger partial charge on any atom is -0.469 e. The minimum atomic E-state index is -0.176. The lowest BCUT2D eigenvalue weighted by atomic mass is 9.98. The molecule has 4 aromatic carbocycles. The SMILES string of the molecule is COC(=O)CCc1ccc(SCCc2c(C)n(C(c3ccccc3)c3ccccc3)c3ccc(Cl)cc23)cc1. The van der Waals surface area contributed by atoms with E-state index in [1.807, 2.05) is 17.8 Å². The highest BCUT2D eigenvalue weighted by Crippen LogP contribution is 2.37. The van der Waals surface area contributed by atoms with Crippen LogP contribution in [0.25, 0.3) is 10.9 Å². The van der Waals surface area contributed by atoms with Crippen molar-refractivity contribution in [2.24, 2.45) is 0 Å². The number of halogens is 1. The van der Waals surface area contributed by atoms with Gasteiger partial charge in [-0.15, -0.1) is 11.8 Å². The summed E-state index contributed by atoms with van der Waals surface area (Å²) in [6, 6.07) is 36.3. The fraction of sp³-hybridized carbons (Fsp3) is 0.206. The zero-order valence-electron chi connectivity index (χ0n) is 22.3. The van der Waals surface area contributed by atoms with Crippen LogP contribution in [-0.4, -0.2) is 23.4 Å². The number of carbonyl (C=O) groups excluding carboxylic acids is 1. The second-order valence-corrected chi connectivity index (χ2v) is 11.2. The molecular weight excluding hydrogens is 522 g/mol. The highest BCUT2D eigenvalue weighted by Gasteiger charge is 2.23. The molecule has 0 N–H and O–H groups in total. The van der Waals surface area contributed by atoms with E-state index in [9.17, 15) is 4.79 Å². The van der Waals surface area contributed by atoms with Crippen LogP contribution in [0.2, 0.25) is 5.02 Å². The van der Waals surface area contributed by atoms with Gasteiger partial charge >= 0.3 is 5.97 Å². The highest BCUT2D eigenvalue weighted by molar-refractivity contribution is 7.99. The summed E-state index contributed by atoms with van der Waals surface area (Å²) in [6.45, 7) is 2.24. The van der Waals surface area contributed by atoms with Gasteiger partial charge < -0.3 is 9.30 Å². The number of benzene rings is 4. The predicted molar refractivity (Wildman–Crippen MR) is 163 cm³/mol.